The van der Waals surface area contributed by atoms with E-state index in [0.717, 1.165) is 44.1 Å². The van der Waals surface area contributed by atoms with Crippen LogP contribution in [0.15, 0.2) is 18.2 Å². The second-order valence-corrected chi connectivity index (χ2v) is 10.4. The lowest BCUT2D eigenvalue weighted by atomic mass is 9.97. The number of anilines is 1. The molecular formula is C21H33N3O2S. The molecule has 1 aromatic carbocycles. The van der Waals surface area contributed by atoms with Gasteiger partial charge in [0.05, 0.1) is 11.4 Å². The number of aryl methyl sites for hydroxylation is 1. The molecule has 6 heteroatoms. The molecule has 1 saturated carbocycles. The highest BCUT2D eigenvalue weighted by Crippen LogP contribution is 2.43. The number of rotatable bonds is 7. The minimum Gasteiger partial charge on any atom is -0.317 e. The van der Waals surface area contributed by atoms with E-state index in [2.05, 4.69) is 28.8 Å². The molecule has 2 atom stereocenters. The predicted octanol–water partition coefficient (Wildman–Crippen LogP) is 2.62. The Balaban J connectivity index is 1.40. The molecule has 2 fully saturated rings. The fourth-order valence-electron chi connectivity index (χ4n) is 4.66. The summed E-state index contributed by atoms with van der Waals surface area (Å²) in [6.45, 7) is 6.00. The van der Waals surface area contributed by atoms with Crippen LogP contribution in [0.3, 0.4) is 0 Å². The van der Waals surface area contributed by atoms with Gasteiger partial charge >= 0.3 is 0 Å². The smallest absolute Gasteiger partial charge is 0.235 e. The van der Waals surface area contributed by atoms with Gasteiger partial charge < -0.3 is 10.6 Å². The zero-order chi connectivity index (χ0) is 18.9. The number of hydrogen-bond donors (Lipinski definition) is 2. The third-order valence-electron chi connectivity index (χ3n) is 6.32. The van der Waals surface area contributed by atoms with Gasteiger partial charge in [0, 0.05) is 18.5 Å². The van der Waals surface area contributed by atoms with Crippen molar-refractivity contribution in [2.24, 2.45) is 5.92 Å². The average Bonchev–Trinajstić information content (AvgIpc) is 3.46. The van der Waals surface area contributed by atoms with Crippen molar-refractivity contribution in [2.75, 3.05) is 36.2 Å². The molecular weight excluding hydrogens is 358 g/mol. The van der Waals surface area contributed by atoms with Gasteiger partial charge in [0.15, 0.2) is 0 Å². The Morgan fingerprint density at radius 1 is 1.26 bits per heavy atom. The van der Waals surface area contributed by atoms with Crippen LogP contribution < -0.4 is 14.9 Å². The first-order valence-corrected chi connectivity index (χ1v) is 12.3. The quantitative estimate of drug-likeness (QED) is 0.750. The summed E-state index contributed by atoms with van der Waals surface area (Å²) in [4.78, 5) is 0. The lowest BCUT2D eigenvalue weighted by Crippen LogP contribution is -2.37. The van der Waals surface area contributed by atoms with E-state index in [0.29, 0.717) is 24.9 Å². The highest BCUT2D eigenvalue weighted by atomic mass is 32.2. The van der Waals surface area contributed by atoms with Gasteiger partial charge in [-0.25, -0.2) is 8.42 Å². The van der Waals surface area contributed by atoms with Crippen molar-refractivity contribution >= 4 is 15.7 Å². The number of hydrogen-bond acceptors (Lipinski definition) is 4. The van der Waals surface area contributed by atoms with Crippen molar-refractivity contribution in [3.8, 4) is 0 Å². The van der Waals surface area contributed by atoms with Gasteiger partial charge in [-0.15, -0.1) is 0 Å². The molecule has 2 heterocycles. The van der Waals surface area contributed by atoms with Crippen LogP contribution in [0.1, 0.15) is 56.1 Å². The summed E-state index contributed by atoms with van der Waals surface area (Å²) in [5.41, 5.74) is 3.51. The van der Waals surface area contributed by atoms with Crippen LogP contribution in [0.5, 0.6) is 0 Å². The van der Waals surface area contributed by atoms with E-state index in [1.807, 2.05) is 6.92 Å². The highest BCUT2D eigenvalue weighted by molar-refractivity contribution is 7.92. The number of nitrogens with zero attached hydrogens (tertiary/aromatic N) is 1. The Labute approximate surface area is 164 Å². The highest BCUT2D eigenvalue weighted by Gasteiger charge is 2.39. The van der Waals surface area contributed by atoms with Gasteiger partial charge in [0.2, 0.25) is 10.0 Å². The summed E-state index contributed by atoms with van der Waals surface area (Å²) in [7, 11) is -3.18. The molecule has 0 amide bonds. The van der Waals surface area contributed by atoms with Crippen molar-refractivity contribution in [1.82, 2.24) is 10.6 Å². The van der Waals surface area contributed by atoms with E-state index >= 15 is 0 Å². The zero-order valence-electron chi connectivity index (χ0n) is 16.4. The van der Waals surface area contributed by atoms with Crippen LogP contribution in [0.2, 0.25) is 0 Å². The van der Waals surface area contributed by atoms with Crippen LogP contribution in [0.4, 0.5) is 5.69 Å². The van der Waals surface area contributed by atoms with Gasteiger partial charge in [-0.05, 0) is 81.3 Å². The molecule has 2 N–H and O–H groups in total. The Bertz CT molecular complexity index is 759. The van der Waals surface area contributed by atoms with Crippen LogP contribution in [0, 0.1) is 5.92 Å². The SMILES string of the molecule is CCCS(=O)(=O)N1CCCc2cc(C3CC3NCC3CCNCC3)ccc21. The maximum Gasteiger partial charge on any atom is 0.235 e. The summed E-state index contributed by atoms with van der Waals surface area (Å²) in [6.07, 6.45) is 6.35. The maximum atomic E-state index is 12.6. The number of piperidine rings is 1. The van der Waals surface area contributed by atoms with E-state index in [1.54, 1.807) is 4.31 Å². The second kappa shape index (κ2) is 8.10. The lowest BCUT2D eigenvalue weighted by Gasteiger charge is -2.31. The monoisotopic (exact) mass is 391 g/mol. The minimum absolute atomic E-state index is 0.236. The Kier molecular flexibility index (Phi) is 5.76. The van der Waals surface area contributed by atoms with Crippen molar-refractivity contribution in [2.45, 2.75) is 57.4 Å². The average molecular weight is 392 g/mol. The molecule has 1 aromatic rings. The first kappa shape index (κ1) is 19.2. The van der Waals surface area contributed by atoms with E-state index in [1.165, 1.54) is 30.4 Å². The van der Waals surface area contributed by atoms with Crippen LogP contribution >= 0.6 is 0 Å². The first-order chi connectivity index (χ1) is 13.1. The molecule has 27 heavy (non-hydrogen) atoms. The Morgan fingerprint density at radius 2 is 2.07 bits per heavy atom. The Hall–Kier alpha value is -1.11. The summed E-state index contributed by atoms with van der Waals surface area (Å²) in [5.74, 6) is 1.65. The van der Waals surface area contributed by atoms with Crippen LogP contribution in [-0.2, 0) is 16.4 Å². The molecule has 1 aliphatic carbocycles. The topological polar surface area (TPSA) is 61.4 Å². The minimum atomic E-state index is -3.18. The van der Waals surface area contributed by atoms with Gasteiger partial charge in [0.1, 0.15) is 0 Å². The largest absolute Gasteiger partial charge is 0.317 e. The molecule has 1 saturated heterocycles. The van der Waals surface area contributed by atoms with E-state index in [9.17, 15) is 8.42 Å². The molecule has 0 radical (unpaired) electrons. The van der Waals surface area contributed by atoms with E-state index in [-0.39, 0.29) is 5.75 Å². The fraction of sp³-hybridized carbons (Fsp3) is 0.714. The van der Waals surface area contributed by atoms with E-state index in [4.69, 9.17) is 0 Å². The van der Waals surface area contributed by atoms with Crippen molar-refractivity contribution in [1.29, 1.82) is 0 Å². The van der Waals surface area contributed by atoms with E-state index < -0.39 is 10.0 Å². The summed E-state index contributed by atoms with van der Waals surface area (Å²) in [5, 5.41) is 7.20. The van der Waals surface area contributed by atoms with Gasteiger partial charge in [0.25, 0.3) is 0 Å². The van der Waals surface area contributed by atoms with Gasteiger partial charge in [-0.1, -0.05) is 19.1 Å². The molecule has 5 nitrogen and oxygen atoms in total. The fourth-order valence-corrected chi connectivity index (χ4v) is 6.28. The molecule has 3 aliphatic rings. The van der Waals surface area contributed by atoms with Crippen molar-refractivity contribution in [3.05, 3.63) is 29.3 Å². The Morgan fingerprint density at radius 3 is 2.85 bits per heavy atom. The normalized spacial score (nSPS) is 26.0. The molecule has 2 aliphatic heterocycles. The number of sulfonamides is 1. The molecule has 4 rings (SSSR count). The first-order valence-electron chi connectivity index (χ1n) is 10.7. The lowest BCUT2D eigenvalue weighted by molar-refractivity contribution is 0.355. The third-order valence-corrected chi connectivity index (χ3v) is 8.30. The second-order valence-electron chi connectivity index (χ2n) is 8.43. The standard InChI is InChI=1S/C21H33N3O2S/c1-2-12-27(25,26)24-11-3-4-18-13-17(5-6-21(18)24)19-14-20(19)23-15-16-7-9-22-10-8-16/h5-6,13,16,19-20,22-23H,2-4,7-12,14-15H2,1H3. The van der Waals surface area contributed by atoms with Crippen molar-refractivity contribution in [3.63, 3.8) is 0 Å². The molecule has 0 bridgehead atoms. The summed E-state index contributed by atoms with van der Waals surface area (Å²) >= 11 is 0. The zero-order valence-corrected chi connectivity index (χ0v) is 17.2. The van der Waals surface area contributed by atoms with Crippen LogP contribution in [0.25, 0.3) is 0 Å². The summed E-state index contributed by atoms with van der Waals surface area (Å²) in [6, 6.07) is 7.09. The number of nitrogens with one attached hydrogen (secondary N) is 2. The van der Waals surface area contributed by atoms with Crippen LogP contribution in [-0.4, -0.2) is 46.4 Å². The van der Waals surface area contributed by atoms with Gasteiger partial charge in [-0.2, -0.15) is 0 Å². The number of fused-ring (bicyclic) bond motifs is 1. The molecule has 2 unspecified atom stereocenters. The third kappa shape index (κ3) is 4.33. The van der Waals surface area contributed by atoms with Gasteiger partial charge in [-0.3, -0.25) is 4.31 Å². The number of benzene rings is 1. The van der Waals surface area contributed by atoms with Crippen molar-refractivity contribution < 1.29 is 8.42 Å². The predicted molar refractivity (Wildman–Crippen MR) is 111 cm³/mol. The summed E-state index contributed by atoms with van der Waals surface area (Å²) < 4.78 is 26.8. The molecule has 0 aromatic heterocycles. The molecule has 0 spiro atoms. The maximum absolute atomic E-state index is 12.6. The molecule has 150 valence electrons.